The summed E-state index contributed by atoms with van der Waals surface area (Å²) < 4.78 is 0. The standard InChI is InChI=1S/C20H25N3O2/c1-16(24)23(19-9-7-18(15-21)8-10-19)14-12-20(25)22-13-11-17-5-3-2-4-6-17/h5,7-10H,2-4,6,11-14H2,1H3,(H,22,25). The van der Waals surface area contributed by atoms with Crippen molar-refractivity contribution < 1.29 is 9.59 Å². The Balaban J connectivity index is 1.79. The third-order valence-electron chi connectivity index (χ3n) is 4.40. The Kier molecular flexibility index (Phi) is 7.21. The van der Waals surface area contributed by atoms with Crippen LogP contribution in [-0.4, -0.2) is 24.9 Å². The third kappa shape index (κ3) is 6.07. The molecule has 0 saturated carbocycles. The fraction of sp³-hybridized carbons (Fsp3) is 0.450. The molecule has 0 fully saturated rings. The Morgan fingerprint density at radius 1 is 1.24 bits per heavy atom. The maximum Gasteiger partial charge on any atom is 0.223 e. The highest BCUT2D eigenvalue weighted by Gasteiger charge is 2.13. The van der Waals surface area contributed by atoms with Crippen LogP contribution in [0.2, 0.25) is 0 Å². The van der Waals surface area contributed by atoms with Crippen molar-refractivity contribution >= 4 is 17.5 Å². The van der Waals surface area contributed by atoms with Gasteiger partial charge in [-0.25, -0.2) is 0 Å². The number of nitrogens with zero attached hydrogens (tertiary/aromatic N) is 2. The van der Waals surface area contributed by atoms with E-state index in [2.05, 4.69) is 17.5 Å². The van der Waals surface area contributed by atoms with Crippen LogP contribution in [0.5, 0.6) is 0 Å². The molecule has 0 saturated heterocycles. The normalized spacial score (nSPS) is 13.5. The molecule has 2 amide bonds. The molecule has 1 aromatic rings. The SMILES string of the molecule is CC(=O)N(CCC(=O)NCCC1=CCCCC1)c1ccc(C#N)cc1. The van der Waals surface area contributed by atoms with Crippen LogP contribution in [-0.2, 0) is 9.59 Å². The quantitative estimate of drug-likeness (QED) is 0.775. The van der Waals surface area contributed by atoms with Gasteiger partial charge in [0, 0.05) is 32.1 Å². The summed E-state index contributed by atoms with van der Waals surface area (Å²) in [5.41, 5.74) is 2.68. The van der Waals surface area contributed by atoms with E-state index >= 15 is 0 Å². The van der Waals surface area contributed by atoms with Crippen LogP contribution in [0.1, 0.15) is 51.0 Å². The van der Waals surface area contributed by atoms with Gasteiger partial charge in [-0.1, -0.05) is 11.6 Å². The highest BCUT2D eigenvalue weighted by molar-refractivity contribution is 5.92. The topological polar surface area (TPSA) is 73.2 Å². The highest BCUT2D eigenvalue weighted by Crippen LogP contribution is 2.19. The van der Waals surface area contributed by atoms with Crippen LogP contribution >= 0.6 is 0 Å². The maximum atomic E-state index is 12.0. The van der Waals surface area contributed by atoms with Gasteiger partial charge in [0.05, 0.1) is 11.6 Å². The van der Waals surface area contributed by atoms with Crippen LogP contribution in [0, 0.1) is 11.3 Å². The number of allylic oxidation sites excluding steroid dienone is 1. The first kappa shape index (κ1) is 18.7. The zero-order valence-electron chi connectivity index (χ0n) is 14.8. The molecule has 0 aromatic heterocycles. The zero-order valence-corrected chi connectivity index (χ0v) is 14.8. The smallest absolute Gasteiger partial charge is 0.223 e. The van der Waals surface area contributed by atoms with Gasteiger partial charge in [0.15, 0.2) is 0 Å². The average molecular weight is 339 g/mol. The Morgan fingerprint density at radius 3 is 2.60 bits per heavy atom. The Hall–Kier alpha value is -2.61. The largest absolute Gasteiger partial charge is 0.356 e. The third-order valence-corrected chi connectivity index (χ3v) is 4.40. The lowest BCUT2D eigenvalue weighted by Gasteiger charge is -2.21. The summed E-state index contributed by atoms with van der Waals surface area (Å²) in [5, 5.41) is 11.8. The van der Waals surface area contributed by atoms with E-state index in [1.54, 1.807) is 29.2 Å². The van der Waals surface area contributed by atoms with E-state index in [4.69, 9.17) is 5.26 Å². The number of benzene rings is 1. The molecule has 1 N–H and O–H groups in total. The molecule has 25 heavy (non-hydrogen) atoms. The summed E-state index contributed by atoms with van der Waals surface area (Å²) in [6.45, 7) is 2.46. The summed E-state index contributed by atoms with van der Waals surface area (Å²) in [6.07, 6.45) is 8.28. The summed E-state index contributed by atoms with van der Waals surface area (Å²) in [6, 6.07) is 8.85. The number of rotatable bonds is 7. The molecule has 0 atom stereocenters. The maximum absolute atomic E-state index is 12.0. The van der Waals surface area contributed by atoms with Gasteiger partial charge in [0.2, 0.25) is 11.8 Å². The molecule has 1 aromatic carbocycles. The molecule has 0 unspecified atom stereocenters. The van der Waals surface area contributed by atoms with Gasteiger partial charge in [0.25, 0.3) is 0 Å². The van der Waals surface area contributed by atoms with Crippen molar-refractivity contribution in [1.82, 2.24) is 5.32 Å². The van der Waals surface area contributed by atoms with Gasteiger partial charge in [-0.3, -0.25) is 9.59 Å². The van der Waals surface area contributed by atoms with Crippen LogP contribution in [0.15, 0.2) is 35.9 Å². The molecule has 0 bridgehead atoms. The second-order valence-corrected chi connectivity index (χ2v) is 6.29. The van der Waals surface area contributed by atoms with Crippen molar-refractivity contribution in [2.45, 2.75) is 45.4 Å². The van der Waals surface area contributed by atoms with Gasteiger partial charge in [-0.2, -0.15) is 5.26 Å². The van der Waals surface area contributed by atoms with Crippen molar-refractivity contribution in [1.29, 1.82) is 5.26 Å². The fourth-order valence-corrected chi connectivity index (χ4v) is 2.98. The molecule has 0 heterocycles. The lowest BCUT2D eigenvalue weighted by atomic mass is 9.97. The number of nitrogens with one attached hydrogen (secondary N) is 1. The fourth-order valence-electron chi connectivity index (χ4n) is 2.98. The van der Waals surface area contributed by atoms with E-state index in [-0.39, 0.29) is 18.2 Å². The average Bonchev–Trinajstić information content (AvgIpc) is 2.63. The lowest BCUT2D eigenvalue weighted by Crippen LogP contribution is -2.34. The summed E-state index contributed by atoms with van der Waals surface area (Å²) in [7, 11) is 0. The van der Waals surface area contributed by atoms with Crippen molar-refractivity contribution in [2.24, 2.45) is 0 Å². The van der Waals surface area contributed by atoms with E-state index in [1.165, 1.54) is 25.3 Å². The number of carbonyl (C=O) groups excluding carboxylic acids is 2. The highest BCUT2D eigenvalue weighted by atomic mass is 16.2. The predicted molar refractivity (Wildman–Crippen MR) is 98.0 cm³/mol. The molecule has 5 heteroatoms. The molecule has 132 valence electrons. The molecule has 0 spiro atoms. The zero-order chi connectivity index (χ0) is 18.1. The van der Waals surface area contributed by atoms with Gasteiger partial charge < -0.3 is 10.2 Å². The van der Waals surface area contributed by atoms with E-state index < -0.39 is 0 Å². The molecule has 0 radical (unpaired) electrons. The second kappa shape index (κ2) is 9.63. The number of hydrogen-bond donors (Lipinski definition) is 1. The molecule has 0 aliphatic heterocycles. The first-order chi connectivity index (χ1) is 12.1. The molecular formula is C20H25N3O2. The number of anilines is 1. The molecule has 2 rings (SSSR count). The molecule has 1 aliphatic carbocycles. The molecular weight excluding hydrogens is 314 g/mol. The van der Waals surface area contributed by atoms with Crippen molar-refractivity contribution in [3.63, 3.8) is 0 Å². The molecule has 5 nitrogen and oxygen atoms in total. The first-order valence-electron chi connectivity index (χ1n) is 8.83. The summed E-state index contributed by atoms with van der Waals surface area (Å²) in [4.78, 5) is 25.4. The van der Waals surface area contributed by atoms with Gasteiger partial charge in [-0.15, -0.1) is 0 Å². The van der Waals surface area contributed by atoms with Crippen LogP contribution in [0.4, 0.5) is 5.69 Å². The van der Waals surface area contributed by atoms with Crippen LogP contribution < -0.4 is 10.2 Å². The number of amides is 2. The predicted octanol–water partition coefficient (Wildman–Crippen LogP) is 3.31. The van der Waals surface area contributed by atoms with Crippen LogP contribution in [0.25, 0.3) is 0 Å². The molecule has 1 aliphatic rings. The summed E-state index contributed by atoms with van der Waals surface area (Å²) in [5.74, 6) is -0.166. The van der Waals surface area contributed by atoms with Crippen molar-refractivity contribution in [3.8, 4) is 6.07 Å². The minimum absolute atomic E-state index is 0.0451. The monoisotopic (exact) mass is 339 g/mol. The number of nitriles is 1. The van der Waals surface area contributed by atoms with E-state index in [1.807, 2.05) is 0 Å². The van der Waals surface area contributed by atoms with Gasteiger partial charge in [-0.05, 0) is 56.4 Å². The van der Waals surface area contributed by atoms with E-state index in [9.17, 15) is 9.59 Å². The van der Waals surface area contributed by atoms with Crippen molar-refractivity contribution in [3.05, 3.63) is 41.5 Å². The second-order valence-electron chi connectivity index (χ2n) is 6.29. The van der Waals surface area contributed by atoms with Gasteiger partial charge >= 0.3 is 0 Å². The van der Waals surface area contributed by atoms with Crippen molar-refractivity contribution in [2.75, 3.05) is 18.0 Å². The Bertz CT molecular complexity index is 671. The van der Waals surface area contributed by atoms with Gasteiger partial charge in [0.1, 0.15) is 0 Å². The lowest BCUT2D eigenvalue weighted by molar-refractivity contribution is -0.121. The summed E-state index contributed by atoms with van der Waals surface area (Å²) >= 11 is 0. The Morgan fingerprint density at radius 2 is 2.00 bits per heavy atom. The van der Waals surface area contributed by atoms with Crippen LogP contribution in [0.3, 0.4) is 0 Å². The Labute approximate surface area is 149 Å². The number of hydrogen-bond acceptors (Lipinski definition) is 3. The minimum Gasteiger partial charge on any atom is -0.356 e. The van der Waals surface area contributed by atoms with E-state index in [0.29, 0.717) is 24.3 Å². The number of carbonyl (C=O) groups is 2. The van der Waals surface area contributed by atoms with E-state index in [0.717, 1.165) is 19.3 Å². The first-order valence-corrected chi connectivity index (χ1v) is 8.83. The minimum atomic E-state index is -0.120.